The van der Waals surface area contributed by atoms with Gasteiger partial charge in [-0.2, -0.15) is 0 Å². The number of aromatic nitrogens is 1. The molecule has 0 bridgehead atoms. The van der Waals surface area contributed by atoms with Crippen molar-refractivity contribution in [2.75, 3.05) is 38.1 Å². The lowest BCUT2D eigenvalue weighted by Gasteiger charge is -2.34. The summed E-state index contributed by atoms with van der Waals surface area (Å²) in [7, 11) is 2.14. The zero-order chi connectivity index (χ0) is 19.6. The molecule has 1 aliphatic heterocycles. The van der Waals surface area contributed by atoms with Gasteiger partial charge in [0.15, 0.2) is 0 Å². The lowest BCUT2D eigenvalue weighted by molar-refractivity contribution is 0.228. The van der Waals surface area contributed by atoms with Gasteiger partial charge in [-0.15, -0.1) is 0 Å². The van der Waals surface area contributed by atoms with Crippen LogP contribution in [0.15, 0.2) is 42.6 Å². The van der Waals surface area contributed by atoms with Gasteiger partial charge in [-0.3, -0.25) is 0 Å². The molecule has 2 aliphatic rings. The summed E-state index contributed by atoms with van der Waals surface area (Å²) in [6.07, 6.45) is 3.57. The van der Waals surface area contributed by atoms with Crippen LogP contribution in [0.2, 0.25) is 0 Å². The highest BCUT2D eigenvalue weighted by molar-refractivity contribution is 5.75. The van der Waals surface area contributed by atoms with E-state index >= 15 is 0 Å². The number of nitrogens with zero attached hydrogens (tertiary/aromatic N) is 3. The summed E-state index contributed by atoms with van der Waals surface area (Å²) in [4.78, 5) is 21.8. The Kier molecular flexibility index (Phi) is 5.22. The number of hydrogen-bond acceptors (Lipinski definition) is 4. The second-order valence-electron chi connectivity index (χ2n) is 8.27. The lowest BCUT2D eigenvalue weighted by Crippen LogP contribution is -2.50. The Morgan fingerprint density at radius 3 is 2.43 bits per heavy atom. The summed E-state index contributed by atoms with van der Waals surface area (Å²) in [6, 6.07) is 12.3. The first-order chi connectivity index (χ1) is 13.5. The number of nitrogens with one attached hydrogen (secondary N) is 2. The summed E-state index contributed by atoms with van der Waals surface area (Å²) in [6.45, 7) is 6.58. The molecule has 0 saturated carbocycles. The predicted molar refractivity (Wildman–Crippen MR) is 112 cm³/mol. The zero-order valence-electron chi connectivity index (χ0n) is 16.7. The van der Waals surface area contributed by atoms with Crippen LogP contribution < -0.4 is 15.5 Å². The summed E-state index contributed by atoms with van der Waals surface area (Å²) in [5.41, 5.74) is 3.48. The van der Waals surface area contributed by atoms with Crippen LogP contribution in [-0.4, -0.2) is 54.7 Å². The van der Waals surface area contributed by atoms with Gasteiger partial charge in [0, 0.05) is 50.0 Å². The van der Waals surface area contributed by atoms with Crippen molar-refractivity contribution < 1.29 is 4.79 Å². The van der Waals surface area contributed by atoms with Crippen molar-refractivity contribution in [2.45, 2.75) is 31.8 Å². The number of pyridine rings is 1. The maximum absolute atomic E-state index is 12.6. The number of carbonyl (C=O) groups excluding carboxylic acids is 1. The fraction of sp³-hybridized carbons (Fsp3) is 0.455. The van der Waals surface area contributed by atoms with E-state index in [1.165, 1.54) is 11.1 Å². The maximum Gasteiger partial charge on any atom is 0.315 e. The van der Waals surface area contributed by atoms with E-state index in [1.807, 2.05) is 18.3 Å². The summed E-state index contributed by atoms with van der Waals surface area (Å²) >= 11 is 0. The second-order valence-corrected chi connectivity index (χ2v) is 8.27. The van der Waals surface area contributed by atoms with Crippen molar-refractivity contribution >= 4 is 11.8 Å². The Bertz CT molecular complexity index is 819. The number of urea groups is 1. The van der Waals surface area contributed by atoms with Crippen LogP contribution in [0.5, 0.6) is 0 Å². The minimum atomic E-state index is -0.233. The molecule has 1 aromatic carbocycles. The van der Waals surface area contributed by atoms with E-state index in [1.54, 1.807) is 0 Å². The third-order valence-corrected chi connectivity index (χ3v) is 5.80. The molecule has 0 unspecified atom stereocenters. The first-order valence-electron chi connectivity index (χ1n) is 10.0. The Hall–Kier alpha value is -2.60. The van der Waals surface area contributed by atoms with E-state index < -0.39 is 0 Å². The highest BCUT2D eigenvalue weighted by Crippen LogP contribution is 2.29. The molecule has 2 heterocycles. The summed E-state index contributed by atoms with van der Waals surface area (Å²) in [5, 5.41) is 6.23. The molecule has 2 amide bonds. The molecule has 6 nitrogen and oxygen atoms in total. The first kappa shape index (κ1) is 18.7. The Labute approximate surface area is 166 Å². The van der Waals surface area contributed by atoms with E-state index in [-0.39, 0.29) is 11.6 Å². The largest absolute Gasteiger partial charge is 0.354 e. The molecule has 148 valence electrons. The van der Waals surface area contributed by atoms with Crippen LogP contribution in [0.1, 0.15) is 23.6 Å². The van der Waals surface area contributed by atoms with Gasteiger partial charge in [0.1, 0.15) is 5.82 Å². The Morgan fingerprint density at radius 1 is 1.07 bits per heavy atom. The van der Waals surface area contributed by atoms with E-state index in [0.29, 0.717) is 6.54 Å². The third kappa shape index (κ3) is 4.12. The van der Waals surface area contributed by atoms with Crippen LogP contribution in [-0.2, 0) is 19.4 Å². The fourth-order valence-corrected chi connectivity index (χ4v) is 4.26. The number of amides is 2. The Balaban J connectivity index is 1.36. The minimum Gasteiger partial charge on any atom is -0.354 e. The lowest BCUT2D eigenvalue weighted by atomic mass is 9.99. The predicted octanol–water partition coefficient (Wildman–Crippen LogP) is 2.19. The maximum atomic E-state index is 12.6. The van der Waals surface area contributed by atoms with Crippen molar-refractivity contribution in [3.8, 4) is 0 Å². The van der Waals surface area contributed by atoms with Gasteiger partial charge in [0.25, 0.3) is 0 Å². The highest BCUT2D eigenvalue weighted by atomic mass is 16.2. The van der Waals surface area contributed by atoms with Crippen LogP contribution in [0, 0.1) is 0 Å². The monoisotopic (exact) mass is 379 g/mol. The standard InChI is InChI=1S/C22H29N5O/c1-22(14-17-6-3-4-7-18(17)15-22)25-21(28)24-16-19-8-5-9-23-20(19)27-12-10-26(2)11-13-27/h3-9H,10-16H2,1-2H3,(H2,24,25,28). The zero-order valence-corrected chi connectivity index (χ0v) is 16.7. The molecule has 2 aromatic rings. The number of fused-ring (bicyclic) bond motifs is 1. The molecule has 0 radical (unpaired) electrons. The van der Waals surface area contributed by atoms with E-state index in [0.717, 1.165) is 50.4 Å². The highest BCUT2D eigenvalue weighted by Gasteiger charge is 2.33. The third-order valence-electron chi connectivity index (χ3n) is 5.80. The van der Waals surface area contributed by atoms with Crippen LogP contribution in [0.4, 0.5) is 10.6 Å². The van der Waals surface area contributed by atoms with Gasteiger partial charge in [-0.25, -0.2) is 9.78 Å². The molecule has 1 fully saturated rings. The van der Waals surface area contributed by atoms with Gasteiger partial charge >= 0.3 is 6.03 Å². The van der Waals surface area contributed by atoms with E-state index in [2.05, 4.69) is 63.7 Å². The number of anilines is 1. The molecular weight excluding hydrogens is 350 g/mol. The van der Waals surface area contributed by atoms with Crippen molar-refractivity contribution in [1.82, 2.24) is 20.5 Å². The molecule has 4 rings (SSSR count). The summed E-state index contributed by atoms with van der Waals surface area (Å²) < 4.78 is 0. The number of benzene rings is 1. The molecule has 2 N–H and O–H groups in total. The van der Waals surface area contributed by atoms with Crippen molar-refractivity contribution in [3.05, 3.63) is 59.3 Å². The summed E-state index contributed by atoms with van der Waals surface area (Å²) in [5.74, 6) is 0.982. The van der Waals surface area contributed by atoms with Crippen molar-refractivity contribution in [1.29, 1.82) is 0 Å². The van der Waals surface area contributed by atoms with Crippen molar-refractivity contribution in [2.24, 2.45) is 0 Å². The number of likely N-dealkylation sites (N-methyl/N-ethyl adjacent to an activating group) is 1. The quantitative estimate of drug-likeness (QED) is 0.855. The fourth-order valence-electron chi connectivity index (χ4n) is 4.26. The molecular formula is C22H29N5O. The molecule has 1 saturated heterocycles. The number of hydrogen-bond donors (Lipinski definition) is 2. The van der Waals surface area contributed by atoms with Crippen molar-refractivity contribution in [3.63, 3.8) is 0 Å². The smallest absolute Gasteiger partial charge is 0.315 e. The minimum absolute atomic E-state index is 0.122. The molecule has 28 heavy (non-hydrogen) atoms. The van der Waals surface area contributed by atoms with Gasteiger partial charge in [-0.05, 0) is 44.0 Å². The average molecular weight is 380 g/mol. The van der Waals surface area contributed by atoms with Crippen LogP contribution in [0.25, 0.3) is 0 Å². The topological polar surface area (TPSA) is 60.5 Å². The Morgan fingerprint density at radius 2 is 1.75 bits per heavy atom. The van der Waals surface area contributed by atoms with E-state index in [9.17, 15) is 4.79 Å². The second kappa shape index (κ2) is 7.80. The average Bonchev–Trinajstić information content (AvgIpc) is 3.03. The molecule has 6 heteroatoms. The number of piperazine rings is 1. The van der Waals surface area contributed by atoms with Gasteiger partial charge in [-0.1, -0.05) is 30.3 Å². The number of rotatable bonds is 4. The van der Waals surface area contributed by atoms with Crippen LogP contribution in [0.3, 0.4) is 0 Å². The van der Waals surface area contributed by atoms with Gasteiger partial charge < -0.3 is 20.4 Å². The van der Waals surface area contributed by atoms with Gasteiger partial charge in [0.2, 0.25) is 0 Å². The van der Waals surface area contributed by atoms with Gasteiger partial charge in [0.05, 0.1) is 0 Å². The van der Waals surface area contributed by atoms with E-state index in [4.69, 9.17) is 0 Å². The SMILES string of the molecule is CN1CCN(c2ncccc2CNC(=O)NC2(C)Cc3ccccc3C2)CC1. The molecule has 0 atom stereocenters. The number of carbonyl (C=O) groups is 1. The first-order valence-corrected chi connectivity index (χ1v) is 10.0. The van der Waals surface area contributed by atoms with Crippen LogP contribution >= 0.6 is 0 Å². The molecule has 1 aromatic heterocycles. The normalized spacial score (nSPS) is 18.6. The molecule has 1 aliphatic carbocycles. The molecule has 0 spiro atoms.